The Morgan fingerprint density at radius 1 is 1.05 bits per heavy atom. The van der Waals surface area contributed by atoms with Gasteiger partial charge in [0.2, 0.25) is 5.91 Å². The molecule has 2 aliphatic carbocycles. The first-order valence-corrected chi connectivity index (χ1v) is 8.46. The van der Waals surface area contributed by atoms with Crippen LogP contribution < -0.4 is 10.6 Å². The van der Waals surface area contributed by atoms with Gasteiger partial charge in [-0.15, -0.1) is 0 Å². The number of amides is 1. The highest BCUT2D eigenvalue weighted by molar-refractivity contribution is 5.94. The van der Waals surface area contributed by atoms with Crippen molar-refractivity contribution in [3.05, 3.63) is 24.3 Å². The third kappa shape index (κ3) is 4.48. The van der Waals surface area contributed by atoms with Crippen LogP contribution in [0.1, 0.15) is 51.4 Å². The molecule has 21 heavy (non-hydrogen) atoms. The summed E-state index contributed by atoms with van der Waals surface area (Å²) in [5.41, 5.74) is 2.02. The number of hydrogen-bond donors (Lipinski definition) is 2. The molecule has 114 valence electrons. The first-order valence-electron chi connectivity index (χ1n) is 8.46. The van der Waals surface area contributed by atoms with Crippen molar-refractivity contribution in [3.63, 3.8) is 0 Å². The Hall–Kier alpha value is -1.51. The minimum atomic E-state index is 0.175. The van der Waals surface area contributed by atoms with Gasteiger partial charge >= 0.3 is 0 Å². The highest BCUT2D eigenvalue weighted by Crippen LogP contribution is 2.30. The summed E-state index contributed by atoms with van der Waals surface area (Å²) in [4.78, 5) is 11.8. The molecule has 3 heteroatoms. The zero-order valence-corrected chi connectivity index (χ0v) is 12.7. The van der Waals surface area contributed by atoms with E-state index in [2.05, 4.69) is 16.7 Å². The molecule has 2 aliphatic rings. The largest absolute Gasteiger partial charge is 0.385 e. The fourth-order valence-electron chi connectivity index (χ4n) is 3.19. The fraction of sp³-hybridized carbons (Fsp3) is 0.611. The maximum absolute atomic E-state index is 11.8. The summed E-state index contributed by atoms with van der Waals surface area (Å²) in [5.74, 6) is 1.34. The average molecular weight is 286 g/mol. The maximum atomic E-state index is 11.8. The van der Waals surface area contributed by atoms with Crippen LogP contribution in [-0.4, -0.2) is 12.5 Å². The van der Waals surface area contributed by atoms with Crippen LogP contribution in [0, 0.1) is 11.8 Å². The molecule has 0 aromatic heterocycles. The zero-order valence-electron chi connectivity index (χ0n) is 12.7. The van der Waals surface area contributed by atoms with Gasteiger partial charge < -0.3 is 10.6 Å². The third-order valence-corrected chi connectivity index (χ3v) is 4.68. The number of carbonyl (C=O) groups is 1. The Bertz CT molecular complexity index is 476. The molecule has 1 aromatic carbocycles. The molecule has 0 spiro atoms. The Balaban J connectivity index is 1.45. The van der Waals surface area contributed by atoms with Gasteiger partial charge in [0.25, 0.3) is 0 Å². The van der Waals surface area contributed by atoms with Crippen LogP contribution in [0.15, 0.2) is 24.3 Å². The van der Waals surface area contributed by atoms with E-state index in [0.717, 1.165) is 36.7 Å². The first kappa shape index (κ1) is 14.4. The third-order valence-electron chi connectivity index (χ3n) is 4.68. The van der Waals surface area contributed by atoms with E-state index in [4.69, 9.17) is 0 Å². The summed E-state index contributed by atoms with van der Waals surface area (Å²) in [6.45, 7) is 1.03. The highest BCUT2D eigenvalue weighted by atomic mass is 16.2. The van der Waals surface area contributed by atoms with Crippen LogP contribution in [-0.2, 0) is 4.79 Å². The quantitative estimate of drug-likeness (QED) is 0.813. The molecule has 0 bridgehead atoms. The van der Waals surface area contributed by atoms with Crippen molar-refractivity contribution in [2.24, 2.45) is 11.8 Å². The molecule has 2 fully saturated rings. The smallest absolute Gasteiger partial charge is 0.227 e. The van der Waals surface area contributed by atoms with Gasteiger partial charge in [-0.3, -0.25) is 4.79 Å². The minimum Gasteiger partial charge on any atom is -0.385 e. The lowest BCUT2D eigenvalue weighted by Gasteiger charge is -2.21. The number of benzene rings is 1. The molecule has 0 heterocycles. The molecule has 1 aromatic rings. The van der Waals surface area contributed by atoms with Crippen molar-refractivity contribution in [1.82, 2.24) is 0 Å². The predicted octanol–water partition coefficient (Wildman–Crippen LogP) is 4.42. The van der Waals surface area contributed by atoms with Crippen LogP contribution in [0.2, 0.25) is 0 Å². The lowest BCUT2D eigenvalue weighted by Crippen LogP contribution is -2.14. The number of anilines is 2. The van der Waals surface area contributed by atoms with Crippen LogP contribution in [0.5, 0.6) is 0 Å². The Morgan fingerprint density at radius 2 is 1.81 bits per heavy atom. The molecular formula is C18H26N2O. The van der Waals surface area contributed by atoms with Crippen molar-refractivity contribution in [2.45, 2.75) is 51.4 Å². The molecule has 3 rings (SSSR count). The fourth-order valence-corrected chi connectivity index (χ4v) is 3.19. The molecule has 0 unspecified atom stereocenters. The second-order valence-corrected chi connectivity index (χ2v) is 6.56. The van der Waals surface area contributed by atoms with Gasteiger partial charge in [-0.05, 0) is 43.4 Å². The first-order chi connectivity index (χ1) is 10.3. The lowest BCUT2D eigenvalue weighted by atomic mass is 9.87. The summed E-state index contributed by atoms with van der Waals surface area (Å²) in [5, 5.41) is 6.50. The van der Waals surface area contributed by atoms with E-state index in [1.54, 1.807) is 0 Å². The van der Waals surface area contributed by atoms with Gasteiger partial charge in [0.1, 0.15) is 0 Å². The van der Waals surface area contributed by atoms with E-state index >= 15 is 0 Å². The number of nitrogens with one attached hydrogen (secondary N) is 2. The Kier molecular flexibility index (Phi) is 4.79. The molecule has 0 aliphatic heterocycles. The van der Waals surface area contributed by atoms with Gasteiger partial charge in [-0.25, -0.2) is 0 Å². The van der Waals surface area contributed by atoms with Gasteiger partial charge in [-0.2, -0.15) is 0 Å². The average Bonchev–Trinajstić information content (AvgIpc) is 3.33. The van der Waals surface area contributed by atoms with Gasteiger partial charge in [0.05, 0.1) is 0 Å². The van der Waals surface area contributed by atoms with Crippen molar-refractivity contribution < 1.29 is 4.79 Å². The van der Waals surface area contributed by atoms with Gasteiger partial charge in [0, 0.05) is 23.8 Å². The summed E-state index contributed by atoms with van der Waals surface area (Å²) in [6.07, 6.45) is 10.4. The van der Waals surface area contributed by atoms with Crippen LogP contribution >= 0.6 is 0 Å². The van der Waals surface area contributed by atoms with E-state index < -0.39 is 0 Å². The van der Waals surface area contributed by atoms with Crippen molar-refractivity contribution in [2.75, 3.05) is 17.2 Å². The molecule has 0 atom stereocenters. The van der Waals surface area contributed by atoms with Crippen LogP contribution in [0.3, 0.4) is 0 Å². The Labute approximate surface area is 127 Å². The number of hydrogen-bond acceptors (Lipinski definition) is 2. The molecule has 2 N–H and O–H groups in total. The van der Waals surface area contributed by atoms with E-state index in [9.17, 15) is 4.79 Å². The lowest BCUT2D eigenvalue weighted by molar-refractivity contribution is -0.117. The monoisotopic (exact) mass is 286 g/mol. The summed E-state index contributed by atoms with van der Waals surface area (Å²) < 4.78 is 0. The van der Waals surface area contributed by atoms with Crippen LogP contribution in [0.25, 0.3) is 0 Å². The molecule has 3 nitrogen and oxygen atoms in total. The Morgan fingerprint density at radius 3 is 2.57 bits per heavy atom. The van der Waals surface area contributed by atoms with E-state index in [1.165, 1.54) is 38.5 Å². The normalized spacial score (nSPS) is 19.2. The van der Waals surface area contributed by atoms with Crippen molar-refractivity contribution in [3.8, 4) is 0 Å². The summed E-state index contributed by atoms with van der Waals surface area (Å²) >= 11 is 0. The minimum absolute atomic E-state index is 0.175. The molecule has 1 amide bonds. The molecule has 2 saturated carbocycles. The highest BCUT2D eigenvalue weighted by Gasteiger charge is 2.29. The number of rotatable bonds is 6. The number of carbonyl (C=O) groups excluding carboxylic acids is 1. The predicted molar refractivity (Wildman–Crippen MR) is 87.5 cm³/mol. The molecule has 0 saturated heterocycles. The van der Waals surface area contributed by atoms with Gasteiger partial charge in [0.15, 0.2) is 0 Å². The zero-order chi connectivity index (χ0) is 14.5. The van der Waals surface area contributed by atoms with E-state index in [-0.39, 0.29) is 11.8 Å². The van der Waals surface area contributed by atoms with Crippen molar-refractivity contribution in [1.29, 1.82) is 0 Å². The second kappa shape index (κ2) is 6.97. The van der Waals surface area contributed by atoms with Crippen LogP contribution in [0.4, 0.5) is 11.4 Å². The second-order valence-electron chi connectivity index (χ2n) is 6.56. The standard InChI is InChI=1S/C18H26N2O/c21-18(15-9-10-15)20-17-8-4-7-16(13-17)19-12-11-14-5-2-1-3-6-14/h4,7-8,13-15,19H,1-3,5-6,9-12H2,(H,20,21). The van der Waals surface area contributed by atoms with E-state index in [0.29, 0.717) is 0 Å². The van der Waals surface area contributed by atoms with Gasteiger partial charge in [-0.1, -0.05) is 38.2 Å². The van der Waals surface area contributed by atoms with Crippen molar-refractivity contribution >= 4 is 17.3 Å². The SMILES string of the molecule is O=C(Nc1cccc(NCCC2CCCCC2)c1)C1CC1. The maximum Gasteiger partial charge on any atom is 0.227 e. The summed E-state index contributed by atoms with van der Waals surface area (Å²) in [7, 11) is 0. The topological polar surface area (TPSA) is 41.1 Å². The molecular weight excluding hydrogens is 260 g/mol. The molecule has 0 radical (unpaired) electrons. The van der Waals surface area contributed by atoms with E-state index in [1.807, 2.05) is 18.2 Å². The summed E-state index contributed by atoms with van der Waals surface area (Å²) in [6, 6.07) is 8.09.